The molecule has 1 aromatic rings. The van der Waals surface area contributed by atoms with Gasteiger partial charge in [0.2, 0.25) is 5.91 Å². The molecule has 2 fully saturated rings. The predicted octanol–water partition coefficient (Wildman–Crippen LogP) is 1.65. The van der Waals surface area contributed by atoms with Gasteiger partial charge in [0, 0.05) is 37.9 Å². The molecule has 0 N–H and O–H groups in total. The summed E-state index contributed by atoms with van der Waals surface area (Å²) in [7, 11) is 1.66. The Morgan fingerprint density at radius 2 is 2.00 bits per heavy atom. The number of hydrogen-bond donors (Lipinski definition) is 0. The van der Waals surface area contributed by atoms with Crippen molar-refractivity contribution in [2.24, 2.45) is 5.41 Å². The molecule has 3 rings (SSSR count). The van der Waals surface area contributed by atoms with Gasteiger partial charge in [0.15, 0.2) is 0 Å². The zero-order valence-corrected chi connectivity index (χ0v) is 12.2. The first-order valence-corrected chi connectivity index (χ1v) is 7.28. The summed E-state index contributed by atoms with van der Waals surface area (Å²) < 4.78 is 5.25. The van der Waals surface area contributed by atoms with E-state index in [4.69, 9.17) is 10.00 Å². The van der Waals surface area contributed by atoms with Crippen molar-refractivity contribution < 1.29 is 9.53 Å². The van der Waals surface area contributed by atoms with Gasteiger partial charge in [-0.1, -0.05) is 6.07 Å². The normalized spacial score (nSPS) is 19.8. The molecule has 1 heterocycles. The lowest BCUT2D eigenvalue weighted by molar-refractivity contribution is -0.135. The highest BCUT2D eigenvalue weighted by molar-refractivity contribution is 5.88. The Morgan fingerprint density at radius 1 is 1.29 bits per heavy atom. The number of ether oxygens (including phenoxy) is 1. The van der Waals surface area contributed by atoms with E-state index < -0.39 is 5.41 Å². The Balaban J connectivity index is 1.63. The van der Waals surface area contributed by atoms with Crippen molar-refractivity contribution >= 4 is 11.6 Å². The second-order valence-corrected chi connectivity index (χ2v) is 5.67. The maximum atomic E-state index is 12.3. The molecule has 0 unspecified atom stereocenters. The molecule has 0 aromatic heterocycles. The molecule has 1 aromatic carbocycles. The van der Waals surface area contributed by atoms with Gasteiger partial charge in [-0.25, -0.2) is 0 Å². The zero-order chi connectivity index (χ0) is 14.9. The second-order valence-electron chi connectivity index (χ2n) is 5.67. The minimum atomic E-state index is -0.696. The molecule has 1 amide bonds. The minimum absolute atomic E-state index is 0.0234. The number of piperazine rings is 1. The molecule has 1 aliphatic carbocycles. The summed E-state index contributed by atoms with van der Waals surface area (Å²) in [6, 6.07) is 10.1. The van der Waals surface area contributed by atoms with E-state index in [0.29, 0.717) is 13.1 Å². The Labute approximate surface area is 124 Å². The van der Waals surface area contributed by atoms with E-state index in [-0.39, 0.29) is 5.91 Å². The first-order valence-electron chi connectivity index (χ1n) is 7.28. The van der Waals surface area contributed by atoms with Crippen molar-refractivity contribution in [3.8, 4) is 11.8 Å². The Morgan fingerprint density at radius 3 is 2.57 bits per heavy atom. The van der Waals surface area contributed by atoms with Crippen LogP contribution in [0.4, 0.5) is 5.69 Å². The van der Waals surface area contributed by atoms with Gasteiger partial charge in [0.25, 0.3) is 0 Å². The fourth-order valence-corrected chi connectivity index (χ4v) is 2.78. The second kappa shape index (κ2) is 5.28. The van der Waals surface area contributed by atoms with Crippen LogP contribution in [0.1, 0.15) is 12.8 Å². The lowest BCUT2D eigenvalue weighted by atomic mass is 10.1. The van der Waals surface area contributed by atoms with Crippen LogP contribution in [-0.2, 0) is 4.79 Å². The number of amides is 1. The summed E-state index contributed by atoms with van der Waals surface area (Å²) in [5.41, 5.74) is 0.417. The van der Waals surface area contributed by atoms with Crippen LogP contribution >= 0.6 is 0 Å². The lowest BCUT2D eigenvalue weighted by Crippen LogP contribution is -2.50. The molecule has 5 heteroatoms. The average Bonchev–Trinajstić information content (AvgIpc) is 3.35. The lowest BCUT2D eigenvalue weighted by Gasteiger charge is -2.37. The van der Waals surface area contributed by atoms with Crippen LogP contribution < -0.4 is 9.64 Å². The van der Waals surface area contributed by atoms with Crippen molar-refractivity contribution in [1.29, 1.82) is 5.26 Å². The van der Waals surface area contributed by atoms with Crippen molar-refractivity contribution in [3.05, 3.63) is 24.3 Å². The van der Waals surface area contributed by atoms with E-state index in [1.807, 2.05) is 23.1 Å². The van der Waals surface area contributed by atoms with E-state index in [9.17, 15) is 4.79 Å². The van der Waals surface area contributed by atoms with Crippen LogP contribution in [0.2, 0.25) is 0 Å². The fourth-order valence-electron chi connectivity index (χ4n) is 2.78. The molecule has 0 spiro atoms. The highest BCUT2D eigenvalue weighted by Gasteiger charge is 2.52. The minimum Gasteiger partial charge on any atom is -0.497 e. The van der Waals surface area contributed by atoms with E-state index in [2.05, 4.69) is 17.0 Å². The quantitative estimate of drug-likeness (QED) is 0.847. The summed E-state index contributed by atoms with van der Waals surface area (Å²) in [5.74, 6) is 0.864. The van der Waals surface area contributed by atoms with Gasteiger partial charge in [-0.3, -0.25) is 4.79 Å². The number of benzene rings is 1. The molecule has 0 radical (unpaired) electrons. The first-order chi connectivity index (χ1) is 10.2. The van der Waals surface area contributed by atoms with Crippen LogP contribution in [0.5, 0.6) is 5.75 Å². The number of nitrogens with zero attached hydrogens (tertiary/aromatic N) is 3. The van der Waals surface area contributed by atoms with Gasteiger partial charge in [-0.2, -0.15) is 5.26 Å². The molecule has 1 saturated carbocycles. The number of anilines is 1. The molecular weight excluding hydrogens is 266 g/mol. The van der Waals surface area contributed by atoms with E-state index in [0.717, 1.165) is 37.4 Å². The van der Waals surface area contributed by atoms with Crippen LogP contribution in [0.25, 0.3) is 0 Å². The monoisotopic (exact) mass is 285 g/mol. The summed E-state index contributed by atoms with van der Waals surface area (Å²) in [5, 5.41) is 9.12. The fraction of sp³-hybridized carbons (Fsp3) is 0.500. The van der Waals surface area contributed by atoms with E-state index in [1.165, 1.54) is 0 Å². The summed E-state index contributed by atoms with van der Waals surface area (Å²) in [4.78, 5) is 16.4. The predicted molar refractivity (Wildman–Crippen MR) is 79.1 cm³/mol. The largest absolute Gasteiger partial charge is 0.497 e. The number of carbonyl (C=O) groups is 1. The number of nitriles is 1. The standard InChI is InChI=1S/C16H19N3O2/c1-21-14-4-2-3-13(11-14)18-7-9-19(10-8-18)15(20)16(12-17)5-6-16/h2-4,11H,5-10H2,1H3. The molecule has 5 nitrogen and oxygen atoms in total. The Bertz CT molecular complexity index is 581. The van der Waals surface area contributed by atoms with Crippen LogP contribution in [0.3, 0.4) is 0 Å². The number of carbonyl (C=O) groups excluding carboxylic acids is 1. The van der Waals surface area contributed by atoms with E-state index >= 15 is 0 Å². The van der Waals surface area contributed by atoms with Crippen LogP contribution in [0.15, 0.2) is 24.3 Å². The van der Waals surface area contributed by atoms with Gasteiger partial charge in [0.05, 0.1) is 13.2 Å². The van der Waals surface area contributed by atoms with E-state index in [1.54, 1.807) is 7.11 Å². The first kappa shape index (κ1) is 13.7. The SMILES string of the molecule is COc1cccc(N2CCN(C(=O)C3(C#N)CC3)CC2)c1. The van der Waals surface area contributed by atoms with Gasteiger partial charge < -0.3 is 14.5 Å². The third kappa shape index (κ3) is 2.54. The van der Waals surface area contributed by atoms with Crippen molar-refractivity contribution in [2.45, 2.75) is 12.8 Å². The van der Waals surface area contributed by atoms with Gasteiger partial charge in [0.1, 0.15) is 11.2 Å². The highest BCUT2D eigenvalue weighted by atomic mass is 16.5. The third-order valence-electron chi connectivity index (χ3n) is 4.36. The maximum absolute atomic E-state index is 12.3. The number of methoxy groups -OCH3 is 1. The molecular formula is C16H19N3O2. The van der Waals surface area contributed by atoms with Crippen LogP contribution in [0, 0.1) is 16.7 Å². The zero-order valence-electron chi connectivity index (χ0n) is 12.2. The van der Waals surface area contributed by atoms with Crippen molar-refractivity contribution in [1.82, 2.24) is 4.90 Å². The third-order valence-corrected chi connectivity index (χ3v) is 4.36. The summed E-state index contributed by atoms with van der Waals surface area (Å²) in [6.07, 6.45) is 1.44. The topological polar surface area (TPSA) is 56.6 Å². The Kier molecular flexibility index (Phi) is 3.46. The maximum Gasteiger partial charge on any atom is 0.243 e. The number of hydrogen-bond acceptors (Lipinski definition) is 4. The van der Waals surface area contributed by atoms with Gasteiger partial charge in [-0.05, 0) is 25.0 Å². The Hall–Kier alpha value is -2.22. The molecule has 1 saturated heterocycles. The highest BCUT2D eigenvalue weighted by Crippen LogP contribution is 2.46. The average molecular weight is 285 g/mol. The molecule has 110 valence electrons. The molecule has 1 aliphatic heterocycles. The van der Waals surface area contributed by atoms with Gasteiger partial charge in [-0.15, -0.1) is 0 Å². The number of rotatable bonds is 3. The molecule has 2 aliphatic rings. The van der Waals surface area contributed by atoms with Crippen LogP contribution in [-0.4, -0.2) is 44.1 Å². The molecule has 0 bridgehead atoms. The van der Waals surface area contributed by atoms with Crippen molar-refractivity contribution in [2.75, 3.05) is 38.2 Å². The summed E-state index contributed by atoms with van der Waals surface area (Å²) >= 11 is 0. The molecule has 21 heavy (non-hydrogen) atoms. The summed E-state index contributed by atoms with van der Waals surface area (Å²) in [6.45, 7) is 2.94. The smallest absolute Gasteiger partial charge is 0.243 e. The van der Waals surface area contributed by atoms with Crippen molar-refractivity contribution in [3.63, 3.8) is 0 Å². The van der Waals surface area contributed by atoms with Gasteiger partial charge >= 0.3 is 0 Å². The molecule has 0 atom stereocenters.